The van der Waals surface area contributed by atoms with Crippen LogP contribution >= 0.6 is 0 Å². The molecule has 2 heterocycles. The van der Waals surface area contributed by atoms with Crippen LogP contribution in [0.15, 0.2) is 18.2 Å². The number of carboxylic acids is 1. The lowest BCUT2D eigenvalue weighted by molar-refractivity contribution is -0.146. The van der Waals surface area contributed by atoms with Crippen molar-refractivity contribution < 1.29 is 28.2 Å². The van der Waals surface area contributed by atoms with E-state index in [2.05, 4.69) is 0 Å². The van der Waals surface area contributed by atoms with E-state index in [1.54, 1.807) is 4.90 Å². The van der Waals surface area contributed by atoms with Crippen LogP contribution in [-0.4, -0.2) is 47.7 Å². The Hall–Kier alpha value is -2.02. The molecule has 0 aromatic heterocycles. The van der Waals surface area contributed by atoms with Gasteiger partial charge < -0.3 is 14.7 Å². The van der Waals surface area contributed by atoms with Gasteiger partial charge in [0.2, 0.25) is 5.91 Å². The van der Waals surface area contributed by atoms with Gasteiger partial charge in [-0.25, -0.2) is 8.78 Å². The number of benzene rings is 1. The molecule has 2 aliphatic heterocycles. The largest absolute Gasteiger partial charge is 0.481 e. The molecule has 1 N–H and O–H groups in total. The second-order valence-electron chi connectivity index (χ2n) is 7.85. The molecule has 1 amide bonds. The Balaban J connectivity index is 1.33. The molecule has 4 rings (SSSR count). The second kappa shape index (κ2) is 7.19. The highest BCUT2D eigenvalue weighted by atomic mass is 19.1. The van der Waals surface area contributed by atoms with Gasteiger partial charge in [-0.1, -0.05) is 6.07 Å². The highest BCUT2D eigenvalue weighted by Crippen LogP contribution is 2.49. The molecule has 0 radical (unpaired) electrons. The number of halogens is 2. The summed E-state index contributed by atoms with van der Waals surface area (Å²) in [5.41, 5.74) is 0.410. The fourth-order valence-corrected chi connectivity index (χ4v) is 4.64. The van der Waals surface area contributed by atoms with Crippen molar-refractivity contribution in [2.45, 2.75) is 37.7 Å². The quantitative estimate of drug-likeness (QED) is 0.874. The number of hydrogen-bond donors (Lipinski definition) is 1. The minimum absolute atomic E-state index is 0.0179. The number of ether oxygens (including phenoxy) is 1. The Bertz CT molecular complexity index is 747. The van der Waals surface area contributed by atoms with E-state index in [0.29, 0.717) is 38.1 Å². The molecule has 4 atom stereocenters. The molecule has 1 aromatic carbocycles. The van der Waals surface area contributed by atoms with Gasteiger partial charge in [-0.2, -0.15) is 0 Å². The molecule has 1 aliphatic carbocycles. The molecular weight excluding hydrogens is 356 g/mol. The van der Waals surface area contributed by atoms with E-state index in [0.717, 1.165) is 18.9 Å². The highest BCUT2D eigenvalue weighted by Gasteiger charge is 2.48. The van der Waals surface area contributed by atoms with E-state index in [9.17, 15) is 23.5 Å². The summed E-state index contributed by atoms with van der Waals surface area (Å²) in [6.45, 7) is 1.63. The molecule has 146 valence electrons. The summed E-state index contributed by atoms with van der Waals surface area (Å²) in [6, 6.07) is 3.52. The van der Waals surface area contributed by atoms with Crippen molar-refractivity contribution in [2.24, 2.45) is 17.8 Å². The Morgan fingerprint density at radius 2 is 1.85 bits per heavy atom. The normalized spacial score (nSPS) is 31.1. The first kappa shape index (κ1) is 18.3. The van der Waals surface area contributed by atoms with E-state index in [4.69, 9.17) is 4.74 Å². The third-order valence-electron chi connectivity index (χ3n) is 6.24. The van der Waals surface area contributed by atoms with Crippen molar-refractivity contribution in [3.8, 4) is 0 Å². The van der Waals surface area contributed by atoms with Gasteiger partial charge in [-0.05, 0) is 49.1 Å². The molecule has 27 heavy (non-hydrogen) atoms. The standard InChI is InChI=1S/C20H23F2NO4/c21-12-1-2-13(17(22)9-12)15-10-16(15)19(24)23-6-3-11(4-7-23)18-14(20(25)26)5-8-27-18/h1-2,9,11,14-16,18H,3-8,10H2,(H,25,26)/t14?,15?,16?,18-/m0/s1. The maximum absolute atomic E-state index is 13.9. The molecule has 0 bridgehead atoms. The Morgan fingerprint density at radius 3 is 2.52 bits per heavy atom. The van der Waals surface area contributed by atoms with Gasteiger partial charge in [0.25, 0.3) is 0 Å². The number of nitrogens with zero attached hydrogens (tertiary/aromatic N) is 1. The van der Waals surface area contributed by atoms with Crippen LogP contribution in [0, 0.1) is 29.4 Å². The summed E-state index contributed by atoms with van der Waals surface area (Å²) in [4.78, 5) is 25.9. The van der Waals surface area contributed by atoms with Crippen LogP contribution in [0.1, 0.15) is 37.2 Å². The van der Waals surface area contributed by atoms with Crippen molar-refractivity contribution in [2.75, 3.05) is 19.7 Å². The van der Waals surface area contributed by atoms with E-state index < -0.39 is 23.5 Å². The molecule has 5 nitrogen and oxygen atoms in total. The van der Waals surface area contributed by atoms with Crippen LogP contribution in [0.3, 0.4) is 0 Å². The van der Waals surface area contributed by atoms with Gasteiger partial charge in [-0.3, -0.25) is 9.59 Å². The Morgan fingerprint density at radius 1 is 1.11 bits per heavy atom. The van der Waals surface area contributed by atoms with Crippen LogP contribution in [0.5, 0.6) is 0 Å². The van der Waals surface area contributed by atoms with Crippen molar-refractivity contribution >= 4 is 11.9 Å². The Kier molecular flexibility index (Phi) is 4.88. The van der Waals surface area contributed by atoms with E-state index in [1.807, 2.05) is 0 Å². The molecule has 1 saturated carbocycles. The number of carbonyl (C=O) groups excluding carboxylic acids is 1. The molecule has 0 spiro atoms. The van der Waals surface area contributed by atoms with Crippen molar-refractivity contribution in [3.63, 3.8) is 0 Å². The maximum Gasteiger partial charge on any atom is 0.309 e. The van der Waals surface area contributed by atoms with Crippen LogP contribution < -0.4 is 0 Å². The van der Waals surface area contributed by atoms with Crippen molar-refractivity contribution in [3.05, 3.63) is 35.4 Å². The number of carboxylic acid groups (broad SMARTS) is 1. The first-order valence-electron chi connectivity index (χ1n) is 9.54. The van der Waals surface area contributed by atoms with Crippen LogP contribution in [0.2, 0.25) is 0 Å². The first-order chi connectivity index (χ1) is 13.0. The van der Waals surface area contributed by atoms with E-state index in [1.165, 1.54) is 12.1 Å². The lowest BCUT2D eigenvalue weighted by atomic mass is 9.84. The molecule has 7 heteroatoms. The molecular formula is C20H23F2NO4. The number of aliphatic carboxylic acids is 1. The van der Waals surface area contributed by atoms with Crippen LogP contribution in [0.4, 0.5) is 8.78 Å². The summed E-state index contributed by atoms with van der Waals surface area (Å²) in [6.07, 6.45) is 2.33. The summed E-state index contributed by atoms with van der Waals surface area (Å²) in [7, 11) is 0. The van der Waals surface area contributed by atoms with Gasteiger partial charge in [-0.15, -0.1) is 0 Å². The van der Waals surface area contributed by atoms with Crippen LogP contribution in [0.25, 0.3) is 0 Å². The van der Waals surface area contributed by atoms with Crippen molar-refractivity contribution in [1.82, 2.24) is 4.90 Å². The van der Waals surface area contributed by atoms with E-state index >= 15 is 0 Å². The average molecular weight is 379 g/mol. The summed E-state index contributed by atoms with van der Waals surface area (Å²) in [5.74, 6) is -2.71. The predicted octanol–water partition coefficient (Wildman–Crippen LogP) is 2.80. The van der Waals surface area contributed by atoms with Gasteiger partial charge in [0.05, 0.1) is 12.0 Å². The number of rotatable bonds is 4. The fourth-order valence-electron chi connectivity index (χ4n) is 4.64. The zero-order valence-corrected chi connectivity index (χ0v) is 14.9. The van der Waals surface area contributed by atoms with Crippen LogP contribution in [-0.2, 0) is 14.3 Å². The smallest absolute Gasteiger partial charge is 0.309 e. The highest BCUT2D eigenvalue weighted by molar-refractivity contribution is 5.83. The number of hydrogen-bond acceptors (Lipinski definition) is 3. The lowest BCUT2D eigenvalue weighted by Gasteiger charge is -2.35. The van der Waals surface area contributed by atoms with Gasteiger partial charge in [0, 0.05) is 31.7 Å². The number of likely N-dealkylation sites (tertiary alicyclic amines) is 1. The number of piperidine rings is 1. The molecule has 3 aliphatic rings. The van der Waals surface area contributed by atoms with Gasteiger partial charge >= 0.3 is 5.97 Å². The van der Waals surface area contributed by atoms with Crippen molar-refractivity contribution in [1.29, 1.82) is 0 Å². The van der Waals surface area contributed by atoms with E-state index in [-0.39, 0.29) is 29.8 Å². The minimum atomic E-state index is -0.807. The first-order valence-corrected chi connectivity index (χ1v) is 9.54. The zero-order chi connectivity index (χ0) is 19.1. The SMILES string of the molecule is O=C(O)C1CCO[C@H]1C1CCN(C(=O)C2CC2c2ccc(F)cc2F)CC1. The molecule has 1 aromatic rings. The monoisotopic (exact) mass is 379 g/mol. The fraction of sp³-hybridized carbons (Fsp3) is 0.600. The lowest BCUT2D eigenvalue weighted by Crippen LogP contribution is -2.44. The summed E-state index contributed by atoms with van der Waals surface area (Å²) in [5, 5.41) is 9.31. The maximum atomic E-state index is 13.9. The minimum Gasteiger partial charge on any atom is -0.481 e. The molecule has 2 saturated heterocycles. The summed E-state index contributed by atoms with van der Waals surface area (Å²) < 4.78 is 32.6. The molecule has 3 fully saturated rings. The summed E-state index contributed by atoms with van der Waals surface area (Å²) >= 11 is 0. The Labute approximate surface area is 156 Å². The van der Waals surface area contributed by atoms with Gasteiger partial charge in [0.1, 0.15) is 11.6 Å². The predicted molar refractivity (Wildman–Crippen MR) is 92.0 cm³/mol. The number of amides is 1. The number of carbonyl (C=O) groups is 2. The van der Waals surface area contributed by atoms with Gasteiger partial charge in [0.15, 0.2) is 0 Å². The topological polar surface area (TPSA) is 66.8 Å². The average Bonchev–Trinajstić information content (AvgIpc) is 3.26. The second-order valence-corrected chi connectivity index (χ2v) is 7.85. The molecule has 3 unspecified atom stereocenters. The third kappa shape index (κ3) is 3.57. The third-order valence-corrected chi connectivity index (χ3v) is 6.24. The zero-order valence-electron chi connectivity index (χ0n) is 14.9.